The van der Waals surface area contributed by atoms with Gasteiger partial charge in [0, 0.05) is 55.0 Å². The zero-order chi connectivity index (χ0) is 32.0. The van der Waals surface area contributed by atoms with Crippen LogP contribution >= 0.6 is 0 Å². The predicted molar refractivity (Wildman–Crippen MR) is 139 cm³/mol. The smallest absolute Gasteiger partial charge is 0.340 e. The standard InChI is InChI=1S/C27H20F9N7O/c1-42-12-16(10-38-42)21-11-37-24(40-20-8-17(25(28,29)30)7-18(9-20)26(31,32)33)41-22(21)39-19-3-2-14-4-5-43(13-15(14)6-19)23(44)27(34,35)36/h2-3,6-12H,4-5,13H2,1H3,(H2,37,39,40,41). The molecule has 3 heterocycles. The number of carbonyl (C=O) groups excluding carboxylic acids is 1. The van der Waals surface area contributed by atoms with E-state index in [1.807, 2.05) is 0 Å². The number of benzene rings is 2. The first kappa shape index (κ1) is 30.6. The number of aryl methyl sites for hydroxylation is 1. The summed E-state index contributed by atoms with van der Waals surface area (Å²) in [5, 5.41) is 9.45. The summed E-state index contributed by atoms with van der Waals surface area (Å²) in [6, 6.07) is 5.76. The second kappa shape index (κ2) is 11.0. The van der Waals surface area contributed by atoms with Crippen molar-refractivity contribution in [2.24, 2.45) is 7.05 Å². The molecule has 0 spiro atoms. The molecular formula is C27H20F9N7O. The van der Waals surface area contributed by atoms with Gasteiger partial charge in [-0.05, 0) is 47.9 Å². The van der Waals surface area contributed by atoms with Crippen LogP contribution in [0.4, 0.5) is 62.7 Å². The van der Waals surface area contributed by atoms with E-state index in [1.54, 1.807) is 25.4 Å². The van der Waals surface area contributed by atoms with E-state index in [9.17, 15) is 44.3 Å². The molecule has 2 N–H and O–H groups in total. The van der Waals surface area contributed by atoms with Crippen molar-refractivity contribution >= 4 is 29.0 Å². The van der Waals surface area contributed by atoms with Crippen LogP contribution in [0.25, 0.3) is 11.1 Å². The molecule has 2 aromatic heterocycles. The SMILES string of the molecule is Cn1cc(-c2cnc(Nc3cc(C(F)(F)F)cc(C(F)(F)F)c3)nc2Nc2ccc3c(c2)CN(C(=O)C(F)(F)F)CC3)cn1. The van der Waals surface area contributed by atoms with Gasteiger partial charge in [0.1, 0.15) is 5.82 Å². The third kappa shape index (κ3) is 6.70. The number of anilines is 4. The number of amides is 1. The number of fused-ring (bicyclic) bond motifs is 1. The second-order valence-corrected chi connectivity index (χ2v) is 9.86. The molecule has 1 amide bonds. The first-order valence-electron chi connectivity index (χ1n) is 12.6. The van der Waals surface area contributed by atoms with Gasteiger partial charge in [0.25, 0.3) is 0 Å². The molecule has 0 saturated carbocycles. The van der Waals surface area contributed by atoms with E-state index in [-0.39, 0.29) is 37.3 Å². The maximum absolute atomic E-state index is 13.3. The highest BCUT2D eigenvalue weighted by Gasteiger charge is 2.43. The van der Waals surface area contributed by atoms with Crippen LogP contribution in [0.2, 0.25) is 0 Å². The summed E-state index contributed by atoms with van der Waals surface area (Å²) in [6.07, 6.45) is -10.6. The minimum atomic E-state index is -5.07. The van der Waals surface area contributed by atoms with E-state index in [0.29, 0.717) is 39.4 Å². The Hall–Kier alpha value is -4.83. The normalized spacial score (nSPS) is 13.9. The molecule has 0 aliphatic carbocycles. The van der Waals surface area contributed by atoms with Crippen LogP contribution in [-0.2, 0) is 37.2 Å². The van der Waals surface area contributed by atoms with Crippen LogP contribution < -0.4 is 10.6 Å². The van der Waals surface area contributed by atoms with Crippen molar-refractivity contribution in [3.05, 3.63) is 77.2 Å². The van der Waals surface area contributed by atoms with E-state index in [4.69, 9.17) is 0 Å². The molecule has 44 heavy (non-hydrogen) atoms. The van der Waals surface area contributed by atoms with E-state index in [2.05, 4.69) is 25.7 Å². The van der Waals surface area contributed by atoms with Crippen LogP contribution in [-0.4, -0.2) is 43.3 Å². The van der Waals surface area contributed by atoms with Crippen LogP contribution in [0, 0.1) is 0 Å². The molecule has 0 radical (unpaired) electrons. The Bertz CT molecular complexity index is 1680. The van der Waals surface area contributed by atoms with Crippen molar-refractivity contribution in [1.29, 1.82) is 0 Å². The Kier molecular flexibility index (Phi) is 7.67. The minimum absolute atomic E-state index is 0.00990. The van der Waals surface area contributed by atoms with Gasteiger partial charge in [0.2, 0.25) is 5.95 Å². The zero-order valence-electron chi connectivity index (χ0n) is 22.4. The highest BCUT2D eigenvalue weighted by atomic mass is 19.4. The van der Waals surface area contributed by atoms with Gasteiger partial charge in [0.15, 0.2) is 0 Å². The van der Waals surface area contributed by atoms with Crippen LogP contribution in [0.5, 0.6) is 0 Å². The lowest BCUT2D eigenvalue weighted by molar-refractivity contribution is -0.186. The molecule has 0 fully saturated rings. The minimum Gasteiger partial charge on any atom is -0.340 e. The van der Waals surface area contributed by atoms with E-state index in [0.717, 1.165) is 5.56 Å². The topological polar surface area (TPSA) is 88.0 Å². The van der Waals surface area contributed by atoms with E-state index < -0.39 is 41.3 Å². The Labute approximate surface area is 242 Å². The predicted octanol–water partition coefficient (Wildman–Crippen LogP) is 6.85. The summed E-state index contributed by atoms with van der Waals surface area (Å²) in [5.74, 6) is -2.26. The first-order valence-corrected chi connectivity index (χ1v) is 12.6. The average molecular weight is 629 g/mol. The molecule has 1 aliphatic rings. The number of rotatable bonds is 5. The molecule has 5 rings (SSSR count). The fourth-order valence-electron chi connectivity index (χ4n) is 4.59. The molecule has 0 bridgehead atoms. The highest BCUT2D eigenvalue weighted by molar-refractivity contribution is 5.82. The number of nitrogens with zero attached hydrogens (tertiary/aromatic N) is 5. The lowest BCUT2D eigenvalue weighted by Crippen LogP contribution is -2.43. The van der Waals surface area contributed by atoms with Gasteiger partial charge in [-0.1, -0.05) is 6.07 Å². The first-order chi connectivity index (χ1) is 20.5. The van der Waals surface area contributed by atoms with Crippen molar-refractivity contribution in [1.82, 2.24) is 24.6 Å². The Morgan fingerprint density at radius 1 is 0.841 bits per heavy atom. The molecular weight excluding hydrogens is 609 g/mol. The Morgan fingerprint density at radius 2 is 1.52 bits per heavy atom. The number of hydrogen-bond acceptors (Lipinski definition) is 6. The summed E-state index contributed by atoms with van der Waals surface area (Å²) >= 11 is 0. The molecule has 4 aromatic rings. The highest BCUT2D eigenvalue weighted by Crippen LogP contribution is 2.38. The zero-order valence-corrected chi connectivity index (χ0v) is 22.4. The average Bonchev–Trinajstić information content (AvgIpc) is 3.36. The van der Waals surface area contributed by atoms with Gasteiger partial charge in [-0.15, -0.1) is 0 Å². The Morgan fingerprint density at radius 3 is 2.11 bits per heavy atom. The molecule has 0 saturated heterocycles. The van der Waals surface area contributed by atoms with E-state index >= 15 is 0 Å². The quantitative estimate of drug-likeness (QED) is 0.235. The fraction of sp³-hybridized carbons (Fsp3) is 0.259. The third-order valence-corrected chi connectivity index (χ3v) is 6.66. The number of carbonyl (C=O) groups is 1. The van der Waals surface area contributed by atoms with Gasteiger partial charge in [-0.2, -0.15) is 49.6 Å². The van der Waals surface area contributed by atoms with Gasteiger partial charge in [-0.3, -0.25) is 9.48 Å². The number of nitrogens with one attached hydrogen (secondary N) is 2. The fourth-order valence-corrected chi connectivity index (χ4v) is 4.59. The van der Waals surface area contributed by atoms with Crippen molar-refractivity contribution in [2.45, 2.75) is 31.5 Å². The van der Waals surface area contributed by atoms with Crippen molar-refractivity contribution in [2.75, 3.05) is 17.2 Å². The monoisotopic (exact) mass is 629 g/mol. The number of hydrogen-bond donors (Lipinski definition) is 2. The molecule has 0 atom stereocenters. The summed E-state index contributed by atoms with van der Waals surface area (Å²) in [4.78, 5) is 20.8. The number of halogens is 9. The molecule has 1 aliphatic heterocycles. The van der Waals surface area contributed by atoms with Gasteiger partial charge >= 0.3 is 24.4 Å². The van der Waals surface area contributed by atoms with Crippen LogP contribution in [0.3, 0.4) is 0 Å². The lowest BCUT2D eigenvalue weighted by atomic mass is 9.99. The molecule has 17 heteroatoms. The Balaban J connectivity index is 1.50. The van der Waals surface area contributed by atoms with Crippen LogP contribution in [0.1, 0.15) is 22.3 Å². The second-order valence-electron chi connectivity index (χ2n) is 9.86. The summed E-state index contributed by atoms with van der Waals surface area (Å²) in [7, 11) is 1.64. The summed E-state index contributed by atoms with van der Waals surface area (Å²) < 4.78 is 121. The molecule has 2 aromatic carbocycles. The van der Waals surface area contributed by atoms with E-state index in [1.165, 1.54) is 23.1 Å². The van der Waals surface area contributed by atoms with Crippen molar-refractivity contribution in [3.8, 4) is 11.1 Å². The van der Waals surface area contributed by atoms with Gasteiger partial charge in [-0.25, -0.2) is 4.98 Å². The molecule has 0 unspecified atom stereocenters. The van der Waals surface area contributed by atoms with Gasteiger partial charge in [0.05, 0.1) is 17.3 Å². The molecule has 8 nitrogen and oxygen atoms in total. The lowest BCUT2D eigenvalue weighted by Gasteiger charge is -2.29. The third-order valence-electron chi connectivity index (χ3n) is 6.66. The summed E-state index contributed by atoms with van der Waals surface area (Å²) in [6.45, 7) is -0.415. The summed E-state index contributed by atoms with van der Waals surface area (Å²) in [5.41, 5.74) is -1.30. The largest absolute Gasteiger partial charge is 0.471 e. The maximum Gasteiger partial charge on any atom is 0.471 e. The molecule has 232 valence electrons. The van der Waals surface area contributed by atoms with Crippen LogP contribution in [0.15, 0.2) is 55.0 Å². The van der Waals surface area contributed by atoms with Crippen molar-refractivity contribution in [3.63, 3.8) is 0 Å². The maximum atomic E-state index is 13.3. The van der Waals surface area contributed by atoms with Gasteiger partial charge < -0.3 is 15.5 Å². The number of alkyl halides is 9. The number of aromatic nitrogens is 4. The van der Waals surface area contributed by atoms with Crippen molar-refractivity contribution < 1.29 is 44.3 Å².